The van der Waals surface area contributed by atoms with Crippen LogP contribution >= 0.6 is 11.3 Å². The molecule has 0 spiro atoms. The van der Waals surface area contributed by atoms with Crippen LogP contribution in [0.15, 0.2) is 52.7 Å². The normalized spacial score (nSPS) is 23.2. The van der Waals surface area contributed by atoms with E-state index in [1.807, 2.05) is 12.1 Å². The van der Waals surface area contributed by atoms with Gasteiger partial charge in [0.2, 0.25) is 0 Å². The predicted molar refractivity (Wildman–Crippen MR) is 115 cm³/mol. The molecule has 8 nitrogen and oxygen atoms in total. The number of carbonyl (C=O) groups is 2. The van der Waals surface area contributed by atoms with E-state index in [0.29, 0.717) is 19.5 Å². The summed E-state index contributed by atoms with van der Waals surface area (Å²) >= 11 is 1.09. The number of nitrogens with zero attached hydrogens (tertiary/aromatic N) is 1. The molecule has 1 aromatic heterocycles. The first-order chi connectivity index (χ1) is 14.8. The Morgan fingerprint density at radius 1 is 1.23 bits per heavy atom. The molecule has 164 valence electrons. The molecule has 1 fully saturated rings. The molecular formula is C21H22N2O6S2. The van der Waals surface area contributed by atoms with Crippen molar-refractivity contribution >= 4 is 39.0 Å². The van der Waals surface area contributed by atoms with E-state index in [-0.39, 0.29) is 10.6 Å². The second-order valence-electron chi connectivity index (χ2n) is 7.56. The zero-order chi connectivity index (χ0) is 22.2. The lowest BCUT2D eigenvalue weighted by atomic mass is 10.1. The third kappa shape index (κ3) is 4.10. The molecule has 4 rings (SSSR count). The summed E-state index contributed by atoms with van der Waals surface area (Å²) in [5.41, 5.74) is 0.213. The van der Waals surface area contributed by atoms with Gasteiger partial charge in [0.25, 0.3) is 10.0 Å². The third-order valence-corrected chi connectivity index (χ3v) is 8.83. The minimum absolute atomic E-state index is 0.0677. The fourth-order valence-electron chi connectivity index (χ4n) is 3.86. The van der Waals surface area contributed by atoms with Gasteiger partial charge in [0.05, 0.1) is 7.11 Å². The topological polar surface area (TPSA) is 113 Å². The molecule has 1 amide bonds. The lowest BCUT2D eigenvalue weighted by Gasteiger charge is -2.24. The van der Waals surface area contributed by atoms with Crippen LogP contribution in [-0.4, -0.2) is 56.2 Å². The standard InChI is InChI=1S/C21H22N2O6S2/c1-29-20(26)23-11-9-15(10-12-23)17-7-8-18(30-17)31(27,28)22-21(19(24)25)13-16(21)14-5-3-2-4-6-14/h2-9,16,22H,10-13H2,1H3,(H,24,25)/t16-,21+/m1/s1. The Labute approximate surface area is 184 Å². The van der Waals surface area contributed by atoms with Crippen LogP contribution in [0.5, 0.6) is 0 Å². The molecule has 10 heteroatoms. The van der Waals surface area contributed by atoms with Crippen LogP contribution in [0.1, 0.15) is 29.2 Å². The van der Waals surface area contributed by atoms with Gasteiger partial charge in [-0.1, -0.05) is 36.4 Å². The van der Waals surface area contributed by atoms with Crippen LogP contribution < -0.4 is 4.72 Å². The number of carbonyl (C=O) groups excluding carboxylic acids is 1. The van der Waals surface area contributed by atoms with E-state index in [2.05, 4.69) is 4.72 Å². The number of aliphatic carboxylic acids is 1. The predicted octanol–water partition coefficient (Wildman–Crippen LogP) is 2.89. The van der Waals surface area contributed by atoms with Gasteiger partial charge in [-0.2, -0.15) is 4.72 Å². The van der Waals surface area contributed by atoms with Crippen molar-refractivity contribution in [2.75, 3.05) is 20.2 Å². The molecule has 2 aromatic rings. The number of rotatable bonds is 6. The van der Waals surface area contributed by atoms with Crippen LogP contribution in [0.2, 0.25) is 0 Å². The zero-order valence-corrected chi connectivity index (χ0v) is 18.4. The van der Waals surface area contributed by atoms with Crippen molar-refractivity contribution in [1.82, 2.24) is 9.62 Å². The molecule has 0 unspecified atom stereocenters. The number of carboxylic acids is 1. The average molecular weight is 463 g/mol. The van der Waals surface area contributed by atoms with Crippen LogP contribution in [0, 0.1) is 0 Å². The largest absolute Gasteiger partial charge is 0.480 e. The van der Waals surface area contributed by atoms with Crippen molar-refractivity contribution in [3.63, 3.8) is 0 Å². The Morgan fingerprint density at radius 3 is 2.58 bits per heavy atom. The quantitative estimate of drug-likeness (QED) is 0.683. The Hall–Kier alpha value is -2.69. The van der Waals surface area contributed by atoms with E-state index < -0.39 is 33.5 Å². The first-order valence-corrected chi connectivity index (χ1v) is 12.0. The molecule has 2 N–H and O–H groups in total. The number of methoxy groups -OCH3 is 1. The summed E-state index contributed by atoms with van der Waals surface area (Å²) in [7, 11) is -2.68. The number of hydrogen-bond donors (Lipinski definition) is 2. The Bertz CT molecular complexity index is 1140. The molecule has 31 heavy (non-hydrogen) atoms. The summed E-state index contributed by atoms with van der Waals surface area (Å²) in [6.07, 6.45) is 2.27. The average Bonchev–Trinajstić information content (AvgIpc) is 3.27. The van der Waals surface area contributed by atoms with Gasteiger partial charge in [0, 0.05) is 23.9 Å². The summed E-state index contributed by atoms with van der Waals surface area (Å²) in [5.74, 6) is -1.59. The van der Waals surface area contributed by atoms with Gasteiger partial charge in [-0.15, -0.1) is 11.3 Å². The van der Waals surface area contributed by atoms with Gasteiger partial charge >= 0.3 is 12.1 Å². The number of hydrogen-bond acceptors (Lipinski definition) is 6. The third-order valence-electron chi connectivity index (χ3n) is 5.67. The minimum atomic E-state index is -4.01. The molecular weight excluding hydrogens is 440 g/mol. The highest BCUT2D eigenvalue weighted by Gasteiger charge is 2.63. The van der Waals surface area contributed by atoms with Crippen molar-refractivity contribution in [2.24, 2.45) is 0 Å². The van der Waals surface area contributed by atoms with Gasteiger partial charge in [-0.25, -0.2) is 13.2 Å². The maximum absolute atomic E-state index is 13.0. The molecule has 1 aromatic carbocycles. The van der Waals surface area contributed by atoms with Gasteiger partial charge in [0.1, 0.15) is 9.75 Å². The second-order valence-corrected chi connectivity index (χ2v) is 10.6. The monoisotopic (exact) mass is 462 g/mol. The van der Waals surface area contributed by atoms with Crippen molar-refractivity contribution in [1.29, 1.82) is 0 Å². The van der Waals surface area contributed by atoms with Crippen molar-refractivity contribution in [3.8, 4) is 0 Å². The summed E-state index contributed by atoms with van der Waals surface area (Å²) in [5, 5.41) is 9.77. The molecule has 1 saturated carbocycles. The summed E-state index contributed by atoms with van der Waals surface area (Å²) < 4.78 is 33.2. The van der Waals surface area contributed by atoms with Gasteiger partial charge in [-0.3, -0.25) is 4.79 Å². The molecule has 2 atom stereocenters. The molecule has 1 aliphatic heterocycles. The molecule has 1 aliphatic carbocycles. The maximum Gasteiger partial charge on any atom is 0.409 e. The highest BCUT2D eigenvalue weighted by molar-refractivity contribution is 7.91. The van der Waals surface area contributed by atoms with Crippen molar-refractivity contribution in [3.05, 3.63) is 59.0 Å². The van der Waals surface area contributed by atoms with Crippen molar-refractivity contribution < 1.29 is 27.9 Å². The summed E-state index contributed by atoms with van der Waals surface area (Å²) in [6.45, 7) is 0.874. The van der Waals surface area contributed by atoms with Crippen LogP contribution in [0.4, 0.5) is 4.79 Å². The van der Waals surface area contributed by atoms with E-state index in [1.165, 1.54) is 13.2 Å². The Balaban J connectivity index is 1.51. The molecule has 2 heterocycles. The van der Waals surface area contributed by atoms with Crippen LogP contribution in [0.3, 0.4) is 0 Å². The molecule has 0 bridgehead atoms. The SMILES string of the molecule is COC(=O)N1CC=C(c2ccc(S(=O)(=O)N[C@@]3(C(=O)O)C[C@@H]3c3ccccc3)s2)CC1. The van der Waals surface area contributed by atoms with E-state index in [1.54, 1.807) is 35.2 Å². The second kappa shape index (κ2) is 8.10. The number of thiophene rings is 1. The van der Waals surface area contributed by atoms with Crippen LogP contribution in [0.25, 0.3) is 5.57 Å². The number of benzene rings is 1. The lowest BCUT2D eigenvalue weighted by molar-refractivity contribution is -0.140. The van der Waals surface area contributed by atoms with E-state index >= 15 is 0 Å². The highest BCUT2D eigenvalue weighted by atomic mass is 32.2. The maximum atomic E-state index is 13.0. The molecule has 0 radical (unpaired) electrons. The first-order valence-electron chi connectivity index (χ1n) is 9.71. The molecule has 2 aliphatic rings. The Kier molecular flexibility index (Phi) is 5.63. The van der Waals surface area contributed by atoms with Gasteiger partial charge in [-0.05, 0) is 36.1 Å². The summed E-state index contributed by atoms with van der Waals surface area (Å²) in [6, 6.07) is 12.3. The Morgan fingerprint density at radius 2 is 1.97 bits per heavy atom. The van der Waals surface area contributed by atoms with Crippen molar-refractivity contribution in [2.45, 2.75) is 28.5 Å². The number of ether oxygens (including phenoxy) is 1. The zero-order valence-electron chi connectivity index (χ0n) is 16.8. The fraction of sp³-hybridized carbons (Fsp3) is 0.333. The first kappa shape index (κ1) is 21.5. The van der Waals surface area contributed by atoms with E-state index in [4.69, 9.17) is 4.74 Å². The lowest BCUT2D eigenvalue weighted by Crippen LogP contribution is -2.44. The minimum Gasteiger partial charge on any atom is -0.480 e. The summed E-state index contributed by atoms with van der Waals surface area (Å²) in [4.78, 5) is 25.9. The van der Waals surface area contributed by atoms with E-state index in [0.717, 1.165) is 27.4 Å². The smallest absolute Gasteiger partial charge is 0.409 e. The highest BCUT2D eigenvalue weighted by Crippen LogP contribution is 2.52. The number of sulfonamides is 1. The fourth-order valence-corrected chi connectivity index (χ4v) is 6.64. The van der Waals surface area contributed by atoms with E-state index in [9.17, 15) is 23.1 Å². The number of nitrogens with one attached hydrogen (secondary N) is 1. The number of carboxylic acid groups (broad SMARTS) is 1. The van der Waals surface area contributed by atoms with Gasteiger partial charge in [0.15, 0.2) is 0 Å². The number of amides is 1. The van der Waals surface area contributed by atoms with Crippen LogP contribution in [-0.2, 0) is 19.6 Å². The molecule has 0 saturated heterocycles. The van der Waals surface area contributed by atoms with Gasteiger partial charge < -0.3 is 14.7 Å².